The van der Waals surface area contributed by atoms with E-state index in [-0.39, 0.29) is 36.1 Å². The number of pyridine rings is 1. The molecule has 1 aliphatic heterocycles. The van der Waals surface area contributed by atoms with Crippen molar-refractivity contribution in [3.8, 4) is 11.5 Å². The summed E-state index contributed by atoms with van der Waals surface area (Å²) in [5, 5.41) is 0.834. The number of hydrogen-bond acceptors (Lipinski definition) is 6. The van der Waals surface area contributed by atoms with Crippen molar-refractivity contribution in [2.24, 2.45) is 0 Å². The topological polar surface area (TPSA) is 106 Å². The molecule has 190 valence electrons. The van der Waals surface area contributed by atoms with Gasteiger partial charge in [0, 0.05) is 29.7 Å². The predicted molar refractivity (Wildman–Crippen MR) is 139 cm³/mol. The van der Waals surface area contributed by atoms with Crippen LogP contribution in [0.3, 0.4) is 0 Å². The van der Waals surface area contributed by atoms with E-state index in [9.17, 15) is 18.0 Å². The summed E-state index contributed by atoms with van der Waals surface area (Å²) in [5.74, 6) is 0.974. The summed E-state index contributed by atoms with van der Waals surface area (Å²) >= 11 is 0. The molecule has 0 fully saturated rings. The van der Waals surface area contributed by atoms with Gasteiger partial charge in [0.05, 0.1) is 4.90 Å². The largest absolute Gasteiger partial charge is 0.454 e. The van der Waals surface area contributed by atoms with Gasteiger partial charge in [0.15, 0.2) is 17.3 Å². The fourth-order valence-electron chi connectivity index (χ4n) is 4.31. The van der Waals surface area contributed by atoms with Crippen LogP contribution >= 0.6 is 0 Å². The fraction of sp³-hybridized carbons (Fsp3) is 0.214. The molecule has 37 heavy (non-hydrogen) atoms. The molecule has 0 atom stereocenters. The van der Waals surface area contributed by atoms with E-state index in [1.54, 1.807) is 24.3 Å². The van der Waals surface area contributed by atoms with E-state index < -0.39 is 10.0 Å². The SMILES string of the molecule is CCc1ccc2[nH]c(=O)c(CN(Cc3ccc4c(c3)OCO4)S(=O)(=O)c3ccc(C(C)=O)cc3)cc2c1. The zero-order valence-electron chi connectivity index (χ0n) is 20.5. The number of nitrogens with one attached hydrogen (secondary N) is 1. The molecule has 0 aliphatic carbocycles. The van der Waals surface area contributed by atoms with Crippen LogP contribution in [0.15, 0.2) is 76.4 Å². The van der Waals surface area contributed by atoms with Crippen molar-refractivity contribution < 1.29 is 22.7 Å². The number of Topliss-reactive ketones (excluding diaryl/α,β-unsaturated/α-hetero) is 1. The van der Waals surface area contributed by atoms with Gasteiger partial charge >= 0.3 is 0 Å². The third-order valence-corrected chi connectivity index (χ3v) is 8.24. The molecular weight excluding hydrogens is 492 g/mol. The second-order valence-electron chi connectivity index (χ2n) is 8.94. The number of fused-ring (bicyclic) bond motifs is 2. The van der Waals surface area contributed by atoms with Gasteiger partial charge in [-0.1, -0.05) is 31.2 Å². The van der Waals surface area contributed by atoms with E-state index in [1.165, 1.54) is 35.5 Å². The van der Waals surface area contributed by atoms with Crippen molar-refractivity contribution in [3.63, 3.8) is 0 Å². The van der Waals surface area contributed by atoms with Gasteiger partial charge in [-0.05, 0) is 72.3 Å². The van der Waals surface area contributed by atoms with Crippen molar-refractivity contribution in [3.05, 3.63) is 99.3 Å². The van der Waals surface area contributed by atoms with Crippen molar-refractivity contribution in [2.45, 2.75) is 38.3 Å². The lowest BCUT2D eigenvalue weighted by Crippen LogP contribution is -2.32. The number of carbonyl (C=O) groups excluding carboxylic acids is 1. The van der Waals surface area contributed by atoms with Crippen molar-refractivity contribution >= 4 is 26.7 Å². The van der Waals surface area contributed by atoms with Gasteiger partial charge in [-0.3, -0.25) is 9.59 Å². The molecule has 0 saturated carbocycles. The van der Waals surface area contributed by atoms with Crippen LogP contribution in [-0.4, -0.2) is 30.3 Å². The lowest BCUT2D eigenvalue weighted by molar-refractivity contribution is 0.101. The van der Waals surface area contributed by atoms with Crippen LogP contribution in [0.2, 0.25) is 0 Å². The first kappa shape index (κ1) is 24.7. The minimum Gasteiger partial charge on any atom is -0.454 e. The van der Waals surface area contributed by atoms with Crippen LogP contribution in [0, 0.1) is 0 Å². The normalized spacial score (nSPS) is 12.8. The highest BCUT2D eigenvalue weighted by atomic mass is 32.2. The van der Waals surface area contributed by atoms with Crippen molar-refractivity contribution in [2.75, 3.05) is 6.79 Å². The molecule has 0 unspecified atom stereocenters. The summed E-state index contributed by atoms with van der Waals surface area (Å²) in [7, 11) is -4.04. The van der Waals surface area contributed by atoms with E-state index in [1.807, 2.05) is 25.1 Å². The van der Waals surface area contributed by atoms with E-state index >= 15 is 0 Å². The maximum atomic E-state index is 13.8. The van der Waals surface area contributed by atoms with Crippen LogP contribution in [0.5, 0.6) is 11.5 Å². The molecule has 8 nitrogen and oxygen atoms in total. The highest BCUT2D eigenvalue weighted by Gasteiger charge is 2.27. The monoisotopic (exact) mass is 518 g/mol. The minimum absolute atomic E-state index is 0.0000894. The Kier molecular flexibility index (Phi) is 6.57. The Bertz CT molecular complexity index is 1660. The number of sulfonamides is 1. The van der Waals surface area contributed by atoms with E-state index in [2.05, 4.69) is 4.98 Å². The number of aryl methyl sites for hydroxylation is 1. The number of nitrogens with zero attached hydrogens (tertiary/aromatic N) is 1. The fourth-order valence-corrected chi connectivity index (χ4v) is 5.71. The third-order valence-electron chi connectivity index (χ3n) is 6.44. The van der Waals surface area contributed by atoms with Crippen LogP contribution in [-0.2, 0) is 29.5 Å². The van der Waals surface area contributed by atoms with Gasteiger partial charge in [0.25, 0.3) is 5.56 Å². The molecule has 0 spiro atoms. The average Bonchev–Trinajstić information content (AvgIpc) is 3.36. The summed E-state index contributed by atoms with van der Waals surface area (Å²) in [6, 6.07) is 18.6. The molecular formula is C28H26N2O6S. The van der Waals surface area contributed by atoms with Gasteiger partial charge < -0.3 is 14.5 Å². The molecule has 2 heterocycles. The van der Waals surface area contributed by atoms with Gasteiger partial charge in [0.2, 0.25) is 16.8 Å². The Morgan fingerprint density at radius 3 is 2.38 bits per heavy atom. The predicted octanol–water partition coefficient (Wildman–Crippen LogP) is 4.41. The standard InChI is InChI=1S/C28H26N2O6S/c1-3-19-4-10-25-22(12-19)14-23(28(32)29-25)16-30(15-20-5-11-26-27(13-20)36-17-35-26)37(33,34)24-8-6-21(7-9-24)18(2)31/h4-14H,3,15-17H2,1-2H3,(H,29,32). The van der Waals surface area contributed by atoms with Crippen LogP contribution in [0.1, 0.15) is 40.9 Å². The van der Waals surface area contributed by atoms with Crippen molar-refractivity contribution in [1.29, 1.82) is 0 Å². The van der Waals surface area contributed by atoms with Crippen LogP contribution < -0.4 is 15.0 Å². The number of carbonyl (C=O) groups is 1. The Morgan fingerprint density at radius 1 is 0.919 bits per heavy atom. The molecule has 1 aliphatic rings. The minimum atomic E-state index is -4.04. The number of ketones is 1. The van der Waals surface area contributed by atoms with Gasteiger partial charge in [-0.25, -0.2) is 8.42 Å². The number of aromatic nitrogens is 1. The molecule has 0 radical (unpaired) electrons. The molecule has 1 N–H and O–H groups in total. The second-order valence-corrected chi connectivity index (χ2v) is 10.9. The number of aromatic amines is 1. The van der Waals surface area contributed by atoms with Crippen molar-refractivity contribution in [1.82, 2.24) is 9.29 Å². The average molecular weight is 519 g/mol. The smallest absolute Gasteiger partial charge is 0.252 e. The number of hydrogen-bond donors (Lipinski definition) is 1. The maximum Gasteiger partial charge on any atom is 0.252 e. The summed E-state index contributed by atoms with van der Waals surface area (Å²) in [5.41, 5.74) is 2.87. The number of rotatable bonds is 8. The quantitative estimate of drug-likeness (QED) is 0.346. The lowest BCUT2D eigenvalue weighted by atomic mass is 10.1. The van der Waals surface area contributed by atoms with E-state index in [0.717, 1.165) is 17.4 Å². The highest BCUT2D eigenvalue weighted by molar-refractivity contribution is 7.89. The molecule has 9 heteroatoms. The summed E-state index contributed by atoms with van der Waals surface area (Å²) in [6.07, 6.45) is 0.839. The maximum absolute atomic E-state index is 13.8. The zero-order valence-corrected chi connectivity index (χ0v) is 21.3. The first-order valence-electron chi connectivity index (χ1n) is 11.9. The summed E-state index contributed by atoms with van der Waals surface area (Å²) < 4.78 is 39.7. The third kappa shape index (κ3) is 5.00. The molecule has 3 aromatic carbocycles. The van der Waals surface area contributed by atoms with Gasteiger partial charge in [-0.15, -0.1) is 0 Å². The molecule has 4 aromatic rings. The number of ether oxygens (including phenoxy) is 2. The lowest BCUT2D eigenvalue weighted by Gasteiger charge is -2.23. The molecule has 1 aromatic heterocycles. The molecule has 0 amide bonds. The van der Waals surface area contributed by atoms with Gasteiger partial charge in [-0.2, -0.15) is 4.31 Å². The van der Waals surface area contributed by atoms with Gasteiger partial charge in [0.1, 0.15) is 0 Å². The first-order chi connectivity index (χ1) is 17.7. The molecule has 0 bridgehead atoms. The van der Waals surface area contributed by atoms with Crippen LogP contribution in [0.4, 0.5) is 0 Å². The van der Waals surface area contributed by atoms with E-state index in [4.69, 9.17) is 9.47 Å². The molecule has 0 saturated heterocycles. The Hall–Kier alpha value is -3.95. The Morgan fingerprint density at radius 2 is 1.65 bits per heavy atom. The Labute approximate surface area is 214 Å². The van der Waals surface area contributed by atoms with Crippen LogP contribution in [0.25, 0.3) is 10.9 Å². The number of H-pyrrole nitrogens is 1. The van der Waals surface area contributed by atoms with E-state index in [0.29, 0.717) is 33.7 Å². The number of benzene rings is 3. The summed E-state index contributed by atoms with van der Waals surface area (Å²) in [6.45, 7) is 3.43. The first-order valence-corrected chi connectivity index (χ1v) is 13.3. The highest BCUT2D eigenvalue weighted by Crippen LogP contribution is 2.33. The molecule has 5 rings (SSSR count). The Balaban J connectivity index is 1.56. The zero-order chi connectivity index (χ0) is 26.2. The summed E-state index contributed by atoms with van der Waals surface area (Å²) in [4.78, 5) is 27.6. The second kappa shape index (κ2) is 9.84.